The lowest BCUT2D eigenvalue weighted by Crippen LogP contribution is -2.35. The van der Waals surface area contributed by atoms with E-state index in [0.29, 0.717) is 5.75 Å². The van der Waals surface area contributed by atoms with Crippen molar-refractivity contribution >= 4 is 29.2 Å². The van der Waals surface area contributed by atoms with E-state index in [9.17, 15) is 19.2 Å². The first-order valence-corrected chi connectivity index (χ1v) is 7.40. The summed E-state index contributed by atoms with van der Waals surface area (Å²) in [4.78, 5) is 48.1. The molecule has 0 fully saturated rings. The monoisotopic (exact) mass is 340 g/mol. The van der Waals surface area contributed by atoms with Crippen LogP contribution in [0.3, 0.4) is 0 Å². The largest absolute Gasteiger partial charge is 0.479 e. The number of aromatic nitrogens is 1. The van der Waals surface area contributed by atoms with E-state index in [0.717, 1.165) is 10.6 Å². The fourth-order valence-corrected chi connectivity index (χ4v) is 2.93. The van der Waals surface area contributed by atoms with E-state index in [2.05, 4.69) is 10.6 Å². The van der Waals surface area contributed by atoms with Crippen molar-refractivity contribution in [2.75, 3.05) is 11.1 Å². The summed E-state index contributed by atoms with van der Waals surface area (Å²) in [6, 6.07) is 5.86. The van der Waals surface area contributed by atoms with Gasteiger partial charge in [-0.3, -0.25) is 29.1 Å². The number of hydrogen-bond donors (Lipinski definition) is 3. The number of hydrogen-bond acceptors (Lipinski definition) is 6. The van der Waals surface area contributed by atoms with Crippen molar-refractivity contribution in [2.24, 2.45) is 0 Å². The molecule has 1 unspecified atom stereocenters. The van der Waals surface area contributed by atoms with E-state index in [4.69, 9.17) is 10.5 Å². The quantitative estimate of drug-likeness (QED) is 0.627. The van der Waals surface area contributed by atoms with Gasteiger partial charge in [0, 0.05) is 6.07 Å². The Labute approximate surface area is 140 Å². The van der Waals surface area contributed by atoms with Gasteiger partial charge in [-0.15, -0.1) is 0 Å². The van der Waals surface area contributed by atoms with E-state index in [-0.39, 0.29) is 34.2 Å². The van der Waals surface area contributed by atoms with Crippen LogP contribution in [0.25, 0.3) is 5.69 Å². The van der Waals surface area contributed by atoms with E-state index in [1.54, 1.807) is 25.1 Å². The van der Waals surface area contributed by atoms with Gasteiger partial charge in [0.2, 0.25) is 0 Å². The number of nitrogens with one attached hydrogen (secondary N) is 2. The molecule has 0 aliphatic carbocycles. The molecular weight excluding hydrogens is 328 g/mol. The van der Waals surface area contributed by atoms with E-state index >= 15 is 0 Å². The minimum absolute atomic E-state index is 0.0672. The fraction of sp³-hybridized carbons (Fsp3) is 0.125. The number of pyridine rings is 1. The highest BCUT2D eigenvalue weighted by atomic mass is 16.5. The summed E-state index contributed by atoms with van der Waals surface area (Å²) in [7, 11) is 0. The normalized spacial score (nSPS) is 18.1. The van der Waals surface area contributed by atoms with Gasteiger partial charge in [0.1, 0.15) is 17.3 Å². The molecule has 25 heavy (non-hydrogen) atoms. The van der Waals surface area contributed by atoms with Crippen molar-refractivity contribution in [3.8, 4) is 11.4 Å². The second kappa shape index (κ2) is 4.94. The van der Waals surface area contributed by atoms with Crippen LogP contribution < -0.4 is 26.7 Å². The average molecular weight is 340 g/mol. The number of nitrogens with zero attached hydrogens (tertiary/aromatic N) is 1. The van der Waals surface area contributed by atoms with Crippen LogP contribution in [0.5, 0.6) is 5.75 Å². The van der Waals surface area contributed by atoms with Crippen molar-refractivity contribution in [2.45, 2.75) is 13.0 Å². The summed E-state index contributed by atoms with van der Waals surface area (Å²) >= 11 is 0. The maximum atomic E-state index is 12.5. The summed E-state index contributed by atoms with van der Waals surface area (Å²) in [6.07, 6.45) is -0.680. The van der Waals surface area contributed by atoms with Crippen LogP contribution in [0.2, 0.25) is 0 Å². The number of rotatable bonds is 1. The summed E-state index contributed by atoms with van der Waals surface area (Å²) < 4.78 is 6.58. The first kappa shape index (κ1) is 14.9. The maximum Gasteiger partial charge on any atom is 0.265 e. The van der Waals surface area contributed by atoms with Gasteiger partial charge < -0.3 is 15.8 Å². The molecule has 0 radical (unpaired) electrons. The van der Waals surface area contributed by atoms with Crippen LogP contribution in [-0.2, 0) is 4.79 Å². The topological polar surface area (TPSA) is 133 Å². The lowest BCUT2D eigenvalue weighted by atomic mass is 10.1. The molecule has 1 aromatic carbocycles. The molecule has 4 rings (SSSR count). The number of para-hydroxylation sites is 1. The van der Waals surface area contributed by atoms with Gasteiger partial charge in [0.25, 0.3) is 23.3 Å². The van der Waals surface area contributed by atoms with Crippen LogP contribution >= 0.6 is 0 Å². The molecule has 9 nitrogen and oxygen atoms in total. The number of amides is 3. The molecule has 126 valence electrons. The zero-order valence-electron chi connectivity index (χ0n) is 13.0. The average Bonchev–Trinajstić information content (AvgIpc) is 2.83. The molecule has 0 spiro atoms. The Morgan fingerprint density at radius 3 is 2.64 bits per heavy atom. The molecular formula is C16H12N4O5. The number of anilines is 2. The molecule has 1 aromatic heterocycles. The number of imide groups is 1. The lowest BCUT2D eigenvalue weighted by Gasteiger charge is -2.26. The van der Waals surface area contributed by atoms with Crippen LogP contribution in [0.15, 0.2) is 29.1 Å². The van der Waals surface area contributed by atoms with Crippen LogP contribution in [0.1, 0.15) is 27.6 Å². The lowest BCUT2D eigenvalue weighted by molar-refractivity contribution is -0.122. The molecule has 2 aromatic rings. The Morgan fingerprint density at radius 1 is 1.12 bits per heavy atom. The molecule has 0 saturated heterocycles. The van der Waals surface area contributed by atoms with Crippen LogP contribution in [0.4, 0.5) is 11.5 Å². The third kappa shape index (κ3) is 2.02. The Morgan fingerprint density at radius 2 is 1.88 bits per heavy atom. The molecule has 3 heterocycles. The number of benzene rings is 1. The Kier molecular flexibility index (Phi) is 2.95. The second-order valence-electron chi connectivity index (χ2n) is 5.67. The summed E-state index contributed by atoms with van der Waals surface area (Å²) in [6.45, 7) is 1.59. The molecule has 9 heteroatoms. The number of carbonyl (C=O) groups is 3. The zero-order valence-corrected chi connectivity index (χ0v) is 13.0. The fourth-order valence-electron chi connectivity index (χ4n) is 2.93. The smallest absolute Gasteiger partial charge is 0.265 e. The van der Waals surface area contributed by atoms with Gasteiger partial charge in [-0.2, -0.15) is 0 Å². The van der Waals surface area contributed by atoms with Gasteiger partial charge >= 0.3 is 0 Å². The number of fused-ring (bicyclic) bond motifs is 2. The number of nitrogens with two attached hydrogens (primary N) is 1. The summed E-state index contributed by atoms with van der Waals surface area (Å²) in [5, 5.41) is 4.77. The number of carbonyl (C=O) groups excluding carboxylic acids is 3. The predicted octanol–water partition coefficient (Wildman–Crippen LogP) is 0.0227. The Bertz CT molecular complexity index is 1040. The van der Waals surface area contributed by atoms with Gasteiger partial charge in [-0.05, 0) is 19.1 Å². The van der Waals surface area contributed by atoms with Crippen molar-refractivity contribution < 1.29 is 19.1 Å². The molecule has 3 amide bonds. The summed E-state index contributed by atoms with van der Waals surface area (Å²) in [5.41, 5.74) is 5.78. The number of ether oxygens (including phenoxy) is 1. The Hall–Kier alpha value is -3.62. The second-order valence-corrected chi connectivity index (χ2v) is 5.67. The van der Waals surface area contributed by atoms with Crippen molar-refractivity contribution in [1.82, 2.24) is 9.88 Å². The van der Waals surface area contributed by atoms with Crippen molar-refractivity contribution in [3.05, 3.63) is 45.7 Å². The highest BCUT2D eigenvalue weighted by Crippen LogP contribution is 2.36. The Balaban J connectivity index is 2.00. The SMILES string of the molecule is CC1Oc2cccc(-n3c(N)c4c(cc3=O)C(=O)NC4=O)c2NC1=O. The van der Waals surface area contributed by atoms with E-state index < -0.39 is 23.5 Å². The third-order valence-electron chi connectivity index (χ3n) is 4.12. The van der Waals surface area contributed by atoms with Gasteiger partial charge in [0.15, 0.2) is 6.10 Å². The van der Waals surface area contributed by atoms with E-state index in [1.807, 2.05) is 0 Å². The predicted molar refractivity (Wildman–Crippen MR) is 87.0 cm³/mol. The summed E-state index contributed by atoms with van der Waals surface area (Å²) in [5.74, 6) is -1.54. The van der Waals surface area contributed by atoms with Crippen LogP contribution in [-0.4, -0.2) is 28.4 Å². The maximum absolute atomic E-state index is 12.5. The van der Waals surface area contributed by atoms with Gasteiger partial charge in [-0.25, -0.2) is 0 Å². The highest BCUT2D eigenvalue weighted by molar-refractivity contribution is 6.23. The van der Waals surface area contributed by atoms with E-state index in [1.165, 1.54) is 0 Å². The first-order chi connectivity index (χ1) is 11.9. The highest BCUT2D eigenvalue weighted by Gasteiger charge is 2.33. The molecule has 1 atom stereocenters. The standard InChI is InChI=1S/C16H12N4O5/c1-6-14(22)18-12-8(3-2-4-9(12)25-6)20-10(21)5-7-11(13(20)17)16(24)19-15(7)23/h2-6H,17H2,1H3,(H,18,22)(H,19,23,24). The third-order valence-corrected chi connectivity index (χ3v) is 4.12. The van der Waals surface area contributed by atoms with Gasteiger partial charge in [-0.1, -0.05) is 6.07 Å². The van der Waals surface area contributed by atoms with Gasteiger partial charge in [0.05, 0.1) is 16.8 Å². The first-order valence-electron chi connectivity index (χ1n) is 7.40. The zero-order chi connectivity index (χ0) is 17.9. The molecule has 2 aliphatic rings. The minimum atomic E-state index is -0.680. The number of nitrogen functional groups attached to an aromatic ring is 1. The van der Waals surface area contributed by atoms with Crippen LogP contribution in [0, 0.1) is 0 Å². The minimum Gasteiger partial charge on any atom is -0.479 e. The van der Waals surface area contributed by atoms with Crippen molar-refractivity contribution in [1.29, 1.82) is 0 Å². The molecule has 2 aliphatic heterocycles. The molecule has 0 bridgehead atoms. The molecule has 0 saturated carbocycles. The van der Waals surface area contributed by atoms with Crippen molar-refractivity contribution in [3.63, 3.8) is 0 Å². The molecule has 4 N–H and O–H groups in total.